The lowest BCUT2D eigenvalue weighted by molar-refractivity contribution is -0.152. The highest BCUT2D eigenvalue weighted by atomic mass is 32.1. The third-order valence-corrected chi connectivity index (χ3v) is 7.32. The summed E-state index contributed by atoms with van der Waals surface area (Å²) in [6.07, 6.45) is 3.49. The van der Waals surface area contributed by atoms with Gasteiger partial charge in [-0.05, 0) is 42.0 Å². The highest BCUT2D eigenvalue weighted by Gasteiger charge is 2.24. The molecule has 0 amide bonds. The molecule has 2 aliphatic rings. The van der Waals surface area contributed by atoms with Gasteiger partial charge in [-0.3, -0.25) is 9.69 Å². The summed E-state index contributed by atoms with van der Waals surface area (Å²) in [6, 6.07) is 11.9. The van der Waals surface area contributed by atoms with E-state index >= 15 is 0 Å². The first-order valence-electron chi connectivity index (χ1n) is 11.8. The van der Waals surface area contributed by atoms with Crippen molar-refractivity contribution in [2.75, 3.05) is 65.1 Å². The highest BCUT2D eigenvalue weighted by Crippen LogP contribution is 2.34. The van der Waals surface area contributed by atoms with Gasteiger partial charge >= 0.3 is 5.97 Å². The average molecular weight is 498 g/mol. The predicted molar refractivity (Wildman–Crippen MR) is 136 cm³/mol. The topological polar surface area (TPSA) is 84.3 Å². The molecular formula is C26H31N3O5S. The van der Waals surface area contributed by atoms with Crippen molar-refractivity contribution in [3.8, 4) is 17.6 Å². The minimum absolute atomic E-state index is 0.0330. The Hall–Kier alpha value is -3.06. The molecule has 8 nitrogen and oxygen atoms in total. The number of esters is 1. The van der Waals surface area contributed by atoms with Crippen molar-refractivity contribution >= 4 is 34.0 Å². The van der Waals surface area contributed by atoms with Crippen LogP contribution in [0.2, 0.25) is 0 Å². The molecule has 4 rings (SSSR count). The number of allylic oxidation sites excluding steroid dienone is 1. The molecule has 0 bridgehead atoms. The van der Waals surface area contributed by atoms with Gasteiger partial charge in [0.25, 0.3) is 0 Å². The fourth-order valence-corrected chi connectivity index (χ4v) is 5.28. The Balaban J connectivity index is 1.33. The van der Waals surface area contributed by atoms with Crippen molar-refractivity contribution < 1.29 is 23.7 Å². The largest absolute Gasteiger partial charge is 0.493 e. The van der Waals surface area contributed by atoms with Crippen LogP contribution >= 0.6 is 11.3 Å². The van der Waals surface area contributed by atoms with Gasteiger partial charge in [-0.15, -0.1) is 11.3 Å². The number of nitrogens with zero attached hydrogens (tertiary/aromatic N) is 3. The van der Waals surface area contributed by atoms with E-state index in [2.05, 4.69) is 21.9 Å². The zero-order chi connectivity index (χ0) is 24.6. The number of nitriles is 1. The maximum absolute atomic E-state index is 12.3. The molecule has 2 aliphatic heterocycles. The summed E-state index contributed by atoms with van der Waals surface area (Å²) in [5, 5.41) is 10.9. The predicted octanol–water partition coefficient (Wildman–Crippen LogP) is 3.67. The van der Waals surface area contributed by atoms with E-state index in [1.54, 1.807) is 31.6 Å². The van der Waals surface area contributed by atoms with Gasteiger partial charge < -0.3 is 23.8 Å². The molecule has 0 aliphatic carbocycles. The number of hydrogen-bond acceptors (Lipinski definition) is 9. The van der Waals surface area contributed by atoms with Crippen molar-refractivity contribution in [2.45, 2.75) is 18.9 Å². The Morgan fingerprint density at radius 3 is 2.54 bits per heavy atom. The number of hydrogen-bond donors (Lipinski definition) is 0. The van der Waals surface area contributed by atoms with E-state index in [0.29, 0.717) is 36.8 Å². The zero-order valence-electron chi connectivity index (χ0n) is 20.2. The lowest BCUT2D eigenvalue weighted by Crippen LogP contribution is -2.42. The summed E-state index contributed by atoms with van der Waals surface area (Å²) in [5.41, 5.74) is 1.34. The number of carbonyl (C=O) groups excluding carboxylic acids is 1. The molecule has 0 radical (unpaired) electrons. The summed E-state index contributed by atoms with van der Waals surface area (Å²) in [7, 11) is 3.17. The van der Waals surface area contributed by atoms with Crippen molar-refractivity contribution in [2.24, 2.45) is 0 Å². The minimum Gasteiger partial charge on any atom is -0.493 e. The lowest BCUT2D eigenvalue weighted by atomic mass is 10.1. The number of morpholine rings is 1. The number of methoxy groups -OCH3 is 2. The molecule has 1 aromatic carbocycles. The van der Waals surface area contributed by atoms with Gasteiger partial charge in [0.2, 0.25) is 0 Å². The SMILES string of the molecule is COc1ccc(C(C#N)=Cc2ccc(N3CCC(OC(=O)CN4CCOCC4)CC3)s2)cc1OC. The molecule has 2 fully saturated rings. The second kappa shape index (κ2) is 12.1. The van der Waals surface area contributed by atoms with Gasteiger partial charge in [-0.2, -0.15) is 5.26 Å². The number of anilines is 1. The average Bonchev–Trinajstić information content (AvgIpc) is 3.36. The summed E-state index contributed by atoms with van der Waals surface area (Å²) in [6.45, 7) is 4.91. The molecule has 9 heteroatoms. The van der Waals surface area contributed by atoms with Crippen LogP contribution in [0.5, 0.6) is 11.5 Å². The Bertz CT molecular complexity index is 1080. The number of benzene rings is 1. The van der Waals surface area contributed by atoms with Gasteiger partial charge in [-0.25, -0.2) is 0 Å². The standard InChI is InChI=1S/C26H31N3O5S/c1-31-23-5-3-19(16-24(23)32-2)20(17-27)15-22-4-6-25(35-22)29-9-7-21(8-10-29)34-26(30)18-28-11-13-33-14-12-28/h3-6,15-16,21H,7-14,18H2,1-2H3. The maximum atomic E-state index is 12.3. The third-order valence-electron chi connectivity index (χ3n) is 6.22. The second-order valence-electron chi connectivity index (χ2n) is 8.48. The molecular weight excluding hydrogens is 466 g/mol. The van der Waals surface area contributed by atoms with Crippen molar-refractivity contribution in [3.05, 3.63) is 40.8 Å². The Morgan fingerprint density at radius 2 is 1.86 bits per heavy atom. The molecule has 0 unspecified atom stereocenters. The van der Waals surface area contributed by atoms with E-state index in [0.717, 1.165) is 54.5 Å². The smallest absolute Gasteiger partial charge is 0.320 e. The highest BCUT2D eigenvalue weighted by molar-refractivity contribution is 7.17. The molecule has 3 heterocycles. The van der Waals surface area contributed by atoms with Gasteiger partial charge in [0.15, 0.2) is 11.5 Å². The van der Waals surface area contributed by atoms with Crippen LogP contribution in [0.15, 0.2) is 30.3 Å². The van der Waals surface area contributed by atoms with Crippen LogP contribution in [0.1, 0.15) is 23.3 Å². The van der Waals surface area contributed by atoms with Crippen LogP contribution in [-0.2, 0) is 14.3 Å². The van der Waals surface area contributed by atoms with E-state index in [4.69, 9.17) is 18.9 Å². The van der Waals surface area contributed by atoms with E-state index in [1.807, 2.05) is 24.3 Å². The normalized spacial score (nSPS) is 17.6. The fourth-order valence-electron chi connectivity index (χ4n) is 4.27. The number of carbonyl (C=O) groups is 1. The first-order chi connectivity index (χ1) is 17.1. The minimum atomic E-state index is -0.145. The fraction of sp³-hybridized carbons (Fsp3) is 0.462. The first kappa shape index (κ1) is 25.0. The zero-order valence-corrected chi connectivity index (χ0v) is 21.0. The van der Waals surface area contributed by atoms with Crippen LogP contribution in [0.25, 0.3) is 11.6 Å². The molecule has 0 spiro atoms. The first-order valence-corrected chi connectivity index (χ1v) is 12.6. The quantitative estimate of drug-likeness (QED) is 0.404. The Kier molecular flexibility index (Phi) is 8.64. The van der Waals surface area contributed by atoms with E-state index in [1.165, 1.54) is 0 Å². The Labute approximate surface area is 210 Å². The lowest BCUT2D eigenvalue weighted by Gasteiger charge is -2.33. The number of rotatable bonds is 8. The summed E-state index contributed by atoms with van der Waals surface area (Å²) in [5.74, 6) is 1.07. The van der Waals surface area contributed by atoms with Gasteiger partial charge in [0.1, 0.15) is 6.10 Å². The van der Waals surface area contributed by atoms with Crippen LogP contribution in [0.4, 0.5) is 5.00 Å². The molecule has 2 saturated heterocycles. The summed E-state index contributed by atoms with van der Waals surface area (Å²) in [4.78, 5) is 17.7. The molecule has 0 atom stereocenters. The number of piperidine rings is 1. The number of thiophene rings is 1. The van der Waals surface area contributed by atoms with E-state index < -0.39 is 0 Å². The molecule has 186 valence electrons. The van der Waals surface area contributed by atoms with Crippen molar-refractivity contribution in [1.82, 2.24) is 4.90 Å². The second-order valence-corrected chi connectivity index (χ2v) is 9.57. The molecule has 0 N–H and O–H groups in total. The third kappa shape index (κ3) is 6.54. The van der Waals surface area contributed by atoms with Crippen LogP contribution < -0.4 is 14.4 Å². The van der Waals surface area contributed by atoms with Crippen LogP contribution in [0, 0.1) is 11.3 Å². The number of ether oxygens (including phenoxy) is 4. The molecule has 0 saturated carbocycles. The summed E-state index contributed by atoms with van der Waals surface area (Å²) < 4.78 is 21.7. The Morgan fingerprint density at radius 1 is 1.11 bits per heavy atom. The van der Waals surface area contributed by atoms with Crippen LogP contribution in [0.3, 0.4) is 0 Å². The van der Waals surface area contributed by atoms with Crippen molar-refractivity contribution in [1.29, 1.82) is 5.26 Å². The van der Waals surface area contributed by atoms with Crippen LogP contribution in [-0.4, -0.2) is 77.1 Å². The van der Waals surface area contributed by atoms with Gasteiger partial charge in [-0.1, -0.05) is 0 Å². The summed E-state index contributed by atoms with van der Waals surface area (Å²) >= 11 is 1.65. The van der Waals surface area contributed by atoms with E-state index in [9.17, 15) is 10.1 Å². The van der Waals surface area contributed by atoms with Gasteiger partial charge in [0.05, 0.1) is 50.6 Å². The monoisotopic (exact) mass is 497 g/mol. The molecule has 2 aromatic rings. The van der Waals surface area contributed by atoms with E-state index in [-0.39, 0.29) is 12.1 Å². The van der Waals surface area contributed by atoms with Crippen molar-refractivity contribution in [3.63, 3.8) is 0 Å². The maximum Gasteiger partial charge on any atom is 0.320 e. The molecule has 1 aromatic heterocycles. The molecule has 35 heavy (non-hydrogen) atoms. The van der Waals surface area contributed by atoms with Gasteiger partial charge in [0, 0.05) is 43.9 Å².